The van der Waals surface area contributed by atoms with Crippen LogP contribution >= 0.6 is 11.6 Å². The number of rotatable bonds is 6. The third-order valence-corrected chi connectivity index (χ3v) is 2.78. The van der Waals surface area contributed by atoms with Crippen LogP contribution in [0.5, 0.6) is 0 Å². The average molecular weight is 242 g/mol. The van der Waals surface area contributed by atoms with E-state index in [1.165, 1.54) is 0 Å². The molecule has 0 aromatic heterocycles. The summed E-state index contributed by atoms with van der Waals surface area (Å²) >= 11 is 5.82. The van der Waals surface area contributed by atoms with Gasteiger partial charge in [-0.2, -0.15) is 0 Å². The standard InChI is InChI=1S/C13H20ClNO/c1-10(2)13(8-15-3)16-9-11-4-6-12(14)7-5-11/h4-7,10,13,15H,8-9H2,1-3H3. The number of benzene rings is 1. The zero-order valence-electron chi connectivity index (χ0n) is 10.2. The van der Waals surface area contributed by atoms with Crippen LogP contribution in [0, 0.1) is 5.92 Å². The molecule has 0 radical (unpaired) electrons. The molecule has 2 nitrogen and oxygen atoms in total. The van der Waals surface area contributed by atoms with Crippen molar-refractivity contribution >= 4 is 11.6 Å². The molecule has 16 heavy (non-hydrogen) atoms. The lowest BCUT2D eigenvalue weighted by Crippen LogP contribution is -2.31. The van der Waals surface area contributed by atoms with Crippen molar-refractivity contribution in [1.82, 2.24) is 5.32 Å². The monoisotopic (exact) mass is 241 g/mol. The van der Waals surface area contributed by atoms with Crippen LogP contribution in [0.2, 0.25) is 5.02 Å². The Morgan fingerprint density at radius 2 is 1.88 bits per heavy atom. The van der Waals surface area contributed by atoms with Crippen molar-refractivity contribution in [3.63, 3.8) is 0 Å². The highest BCUT2D eigenvalue weighted by atomic mass is 35.5. The Balaban J connectivity index is 2.45. The number of likely N-dealkylation sites (N-methyl/N-ethyl adjacent to an activating group) is 1. The molecule has 1 aromatic carbocycles. The summed E-state index contributed by atoms with van der Waals surface area (Å²) in [5.41, 5.74) is 1.16. The van der Waals surface area contributed by atoms with Crippen molar-refractivity contribution in [2.75, 3.05) is 13.6 Å². The fourth-order valence-corrected chi connectivity index (χ4v) is 1.60. The Bertz CT molecular complexity index is 297. The Hall–Kier alpha value is -0.570. The smallest absolute Gasteiger partial charge is 0.0726 e. The van der Waals surface area contributed by atoms with E-state index in [1.54, 1.807) is 0 Å². The van der Waals surface area contributed by atoms with Gasteiger partial charge >= 0.3 is 0 Å². The highest BCUT2D eigenvalue weighted by Gasteiger charge is 2.12. The Kier molecular flexibility index (Phi) is 5.81. The van der Waals surface area contributed by atoms with Gasteiger partial charge in [-0.15, -0.1) is 0 Å². The van der Waals surface area contributed by atoms with Crippen LogP contribution in [0.1, 0.15) is 19.4 Å². The van der Waals surface area contributed by atoms with Gasteiger partial charge in [0.2, 0.25) is 0 Å². The Morgan fingerprint density at radius 3 is 2.38 bits per heavy atom. The first-order valence-electron chi connectivity index (χ1n) is 5.64. The quantitative estimate of drug-likeness (QED) is 0.827. The molecule has 0 amide bonds. The lowest BCUT2D eigenvalue weighted by molar-refractivity contribution is 0.0125. The Morgan fingerprint density at radius 1 is 1.25 bits per heavy atom. The first-order valence-corrected chi connectivity index (χ1v) is 6.02. The number of hydrogen-bond donors (Lipinski definition) is 1. The van der Waals surface area contributed by atoms with Gasteiger partial charge in [0.25, 0.3) is 0 Å². The van der Waals surface area contributed by atoms with Crippen LogP contribution in [-0.4, -0.2) is 19.7 Å². The summed E-state index contributed by atoms with van der Waals surface area (Å²) < 4.78 is 5.86. The molecule has 1 N–H and O–H groups in total. The van der Waals surface area contributed by atoms with E-state index in [4.69, 9.17) is 16.3 Å². The van der Waals surface area contributed by atoms with Gasteiger partial charge < -0.3 is 10.1 Å². The fourth-order valence-electron chi connectivity index (χ4n) is 1.47. The molecular weight excluding hydrogens is 222 g/mol. The summed E-state index contributed by atoms with van der Waals surface area (Å²) in [4.78, 5) is 0. The molecular formula is C13H20ClNO. The molecule has 0 spiro atoms. The zero-order valence-corrected chi connectivity index (χ0v) is 10.9. The molecule has 0 fully saturated rings. The number of nitrogens with one attached hydrogen (secondary N) is 1. The van der Waals surface area contributed by atoms with Gasteiger partial charge in [0, 0.05) is 11.6 Å². The van der Waals surface area contributed by atoms with Crippen molar-refractivity contribution < 1.29 is 4.74 Å². The number of ether oxygens (including phenoxy) is 1. The van der Waals surface area contributed by atoms with Gasteiger partial charge in [-0.3, -0.25) is 0 Å². The highest BCUT2D eigenvalue weighted by Crippen LogP contribution is 2.13. The second kappa shape index (κ2) is 6.89. The first kappa shape index (κ1) is 13.5. The van der Waals surface area contributed by atoms with Gasteiger partial charge in [0.05, 0.1) is 12.7 Å². The minimum Gasteiger partial charge on any atom is -0.372 e. The third-order valence-electron chi connectivity index (χ3n) is 2.53. The predicted molar refractivity (Wildman–Crippen MR) is 68.8 cm³/mol. The fraction of sp³-hybridized carbons (Fsp3) is 0.538. The summed E-state index contributed by atoms with van der Waals surface area (Å²) in [6.07, 6.45) is 0.251. The van der Waals surface area contributed by atoms with E-state index in [2.05, 4.69) is 19.2 Å². The number of halogens is 1. The van der Waals surface area contributed by atoms with Crippen molar-refractivity contribution in [3.8, 4) is 0 Å². The molecule has 3 heteroatoms. The maximum Gasteiger partial charge on any atom is 0.0726 e. The molecule has 90 valence electrons. The van der Waals surface area contributed by atoms with Gasteiger partial charge in [0.1, 0.15) is 0 Å². The van der Waals surface area contributed by atoms with Gasteiger partial charge in [-0.05, 0) is 30.7 Å². The molecule has 0 bridgehead atoms. The van der Waals surface area contributed by atoms with Gasteiger partial charge in [-0.25, -0.2) is 0 Å². The summed E-state index contributed by atoms with van der Waals surface area (Å²) in [6.45, 7) is 5.86. The summed E-state index contributed by atoms with van der Waals surface area (Å²) in [5.74, 6) is 0.514. The van der Waals surface area contributed by atoms with E-state index in [0.29, 0.717) is 12.5 Å². The average Bonchev–Trinajstić information content (AvgIpc) is 2.26. The maximum atomic E-state index is 5.86. The number of hydrogen-bond acceptors (Lipinski definition) is 2. The minimum absolute atomic E-state index is 0.251. The lowest BCUT2D eigenvalue weighted by atomic mass is 10.1. The van der Waals surface area contributed by atoms with Gasteiger partial charge in [0.15, 0.2) is 0 Å². The molecule has 0 saturated carbocycles. The Labute approximate surface area is 103 Å². The van der Waals surface area contributed by atoms with E-state index in [0.717, 1.165) is 17.1 Å². The van der Waals surface area contributed by atoms with Crippen LogP contribution in [0.4, 0.5) is 0 Å². The molecule has 1 unspecified atom stereocenters. The SMILES string of the molecule is CNCC(OCc1ccc(Cl)cc1)C(C)C. The summed E-state index contributed by atoms with van der Waals surface area (Å²) in [5, 5.41) is 3.91. The third kappa shape index (κ3) is 4.52. The first-order chi connectivity index (χ1) is 7.63. The van der Waals surface area contributed by atoms with Crippen LogP contribution in [-0.2, 0) is 11.3 Å². The molecule has 0 saturated heterocycles. The molecule has 0 heterocycles. The van der Waals surface area contributed by atoms with Crippen molar-refractivity contribution in [2.24, 2.45) is 5.92 Å². The van der Waals surface area contributed by atoms with Crippen molar-refractivity contribution in [3.05, 3.63) is 34.9 Å². The largest absolute Gasteiger partial charge is 0.372 e. The van der Waals surface area contributed by atoms with E-state index in [1.807, 2.05) is 31.3 Å². The van der Waals surface area contributed by atoms with Crippen molar-refractivity contribution in [2.45, 2.75) is 26.6 Å². The van der Waals surface area contributed by atoms with E-state index >= 15 is 0 Å². The van der Waals surface area contributed by atoms with Crippen molar-refractivity contribution in [1.29, 1.82) is 0 Å². The summed E-state index contributed by atoms with van der Waals surface area (Å²) in [6, 6.07) is 7.78. The topological polar surface area (TPSA) is 21.3 Å². The maximum absolute atomic E-state index is 5.86. The minimum atomic E-state index is 0.251. The normalized spacial score (nSPS) is 13.1. The summed E-state index contributed by atoms with van der Waals surface area (Å²) in [7, 11) is 1.95. The van der Waals surface area contributed by atoms with Crippen LogP contribution in [0.15, 0.2) is 24.3 Å². The molecule has 1 aromatic rings. The predicted octanol–water partition coefficient (Wildman–Crippen LogP) is 3.10. The van der Waals surface area contributed by atoms with E-state index in [9.17, 15) is 0 Å². The molecule has 1 atom stereocenters. The molecule has 0 aliphatic rings. The lowest BCUT2D eigenvalue weighted by Gasteiger charge is -2.21. The highest BCUT2D eigenvalue weighted by molar-refractivity contribution is 6.30. The van der Waals surface area contributed by atoms with Gasteiger partial charge in [-0.1, -0.05) is 37.6 Å². The molecule has 0 aliphatic carbocycles. The second-order valence-corrected chi connectivity index (χ2v) is 4.71. The van der Waals surface area contributed by atoms with E-state index < -0.39 is 0 Å². The van der Waals surface area contributed by atoms with Crippen LogP contribution in [0.25, 0.3) is 0 Å². The molecule has 1 rings (SSSR count). The molecule has 0 aliphatic heterocycles. The van der Waals surface area contributed by atoms with Crippen LogP contribution in [0.3, 0.4) is 0 Å². The van der Waals surface area contributed by atoms with E-state index in [-0.39, 0.29) is 6.10 Å². The zero-order chi connectivity index (χ0) is 12.0. The second-order valence-electron chi connectivity index (χ2n) is 4.28. The van der Waals surface area contributed by atoms with Crippen LogP contribution < -0.4 is 5.32 Å².